The summed E-state index contributed by atoms with van der Waals surface area (Å²) in [5.74, 6) is 0.726. The molecule has 0 radical (unpaired) electrons. The molecule has 8 nitrogen and oxygen atoms in total. The Kier molecular flexibility index (Phi) is 6.66. The molecule has 0 bridgehead atoms. The van der Waals surface area contributed by atoms with Crippen LogP contribution in [0.3, 0.4) is 0 Å². The minimum absolute atomic E-state index is 0.0251. The topological polar surface area (TPSA) is 93.0 Å². The lowest BCUT2D eigenvalue weighted by Gasteiger charge is -2.27. The summed E-state index contributed by atoms with van der Waals surface area (Å²) in [6, 6.07) is 17.5. The fraction of sp³-hybridized carbons (Fsp3) is 0.348. The maximum Gasteiger partial charge on any atom is 0.226 e. The maximum atomic E-state index is 12.2. The minimum atomic E-state index is -0.0251. The summed E-state index contributed by atoms with van der Waals surface area (Å²) < 4.78 is 0. The van der Waals surface area contributed by atoms with Crippen LogP contribution in [0.25, 0.3) is 11.4 Å². The van der Waals surface area contributed by atoms with Crippen molar-refractivity contribution in [3.05, 3.63) is 60.2 Å². The number of hydrogen-bond donors (Lipinski definition) is 1. The van der Waals surface area contributed by atoms with Crippen molar-refractivity contribution in [1.29, 1.82) is 0 Å². The van der Waals surface area contributed by atoms with E-state index in [1.165, 1.54) is 4.80 Å². The highest BCUT2D eigenvalue weighted by atomic mass is 16.2. The van der Waals surface area contributed by atoms with Crippen molar-refractivity contribution in [1.82, 2.24) is 25.5 Å². The Morgan fingerprint density at radius 1 is 1.06 bits per heavy atom. The largest absolute Gasteiger partial charge is 0.352 e. The lowest BCUT2D eigenvalue weighted by molar-refractivity contribution is -0.121. The smallest absolute Gasteiger partial charge is 0.226 e. The van der Waals surface area contributed by atoms with Crippen LogP contribution in [0, 0.1) is 0 Å². The van der Waals surface area contributed by atoms with Crippen LogP contribution >= 0.6 is 0 Å². The van der Waals surface area contributed by atoms with Gasteiger partial charge in [0, 0.05) is 37.2 Å². The second kappa shape index (κ2) is 9.97. The molecule has 1 saturated heterocycles. The van der Waals surface area contributed by atoms with Crippen LogP contribution in [-0.2, 0) is 22.7 Å². The number of tetrazole rings is 1. The fourth-order valence-electron chi connectivity index (χ4n) is 3.62. The molecule has 2 amide bonds. The van der Waals surface area contributed by atoms with E-state index in [4.69, 9.17) is 0 Å². The molecule has 1 aliphatic rings. The Labute approximate surface area is 181 Å². The monoisotopic (exact) mass is 418 g/mol. The normalized spacial score (nSPS) is 13.9. The predicted octanol–water partition coefficient (Wildman–Crippen LogP) is 2.95. The van der Waals surface area contributed by atoms with Gasteiger partial charge in [0.25, 0.3) is 0 Å². The molecule has 0 atom stereocenters. The number of amides is 2. The number of rotatable bonds is 8. The zero-order valence-corrected chi connectivity index (χ0v) is 17.4. The van der Waals surface area contributed by atoms with Gasteiger partial charge in [0.05, 0.1) is 6.54 Å². The first kappa shape index (κ1) is 20.7. The average molecular weight is 419 g/mol. The maximum absolute atomic E-state index is 12.2. The molecule has 8 heteroatoms. The second-order valence-corrected chi connectivity index (χ2v) is 7.63. The van der Waals surface area contributed by atoms with Gasteiger partial charge >= 0.3 is 0 Å². The van der Waals surface area contributed by atoms with Gasteiger partial charge in [0.15, 0.2) is 0 Å². The van der Waals surface area contributed by atoms with Crippen LogP contribution in [0.1, 0.15) is 37.7 Å². The Morgan fingerprint density at radius 2 is 1.94 bits per heavy atom. The number of carbonyl (C=O) groups excluding carboxylic acids is 2. The van der Waals surface area contributed by atoms with E-state index in [0.29, 0.717) is 38.2 Å². The Bertz CT molecular complexity index is 1030. The van der Waals surface area contributed by atoms with E-state index in [9.17, 15) is 9.59 Å². The van der Waals surface area contributed by atoms with Crippen molar-refractivity contribution in [3.8, 4) is 11.4 Å². The second-order valence-electron chi connectivity index (χ2n) is 7.63. The van der Waals surface area contributed by atoms with Crippen molar-refractivity contribution < 1.29 is 9.59 Å². The van der Waals surface area contributed by atoms with Crippen molar-refractivity contribution in [2.24, 2.45) is 0 Å². The zero-order chi connectivity index (χ0) is 21.5. The molecule has 2 aromatic carbocycles. The van der Waals surface area contributed by atoms with Gasteiger partial charge in [0.2, 0.25) is 17.6 Å². The fourth-order valence-corrected chi connectivity index (χ4v) is 3.62. The van der Waals surface area contributed by atoms with Gasteiger partial charge in [-0.2, -0.15) is 4.80 Å². The first-order valence-electron chi connectivity index (χ1n) is 10.7. The van der Waals surface area contributed by atoms with E-state index < -0.39 is 0 Å². The predicted molar refractivity (Wildman–Crippen MR) is 117 cm³/mol. The molecule has 31 heavy (non-hydrogen) atoms. The van der Waals surface area contributed by atoms with Crippen molar-refractivity contribution in [2.45, 2.75) is 45.2 Å². The molecule has 0 spiro atoms. The summed E-state index contributed by atoms with van der Waals surface area (Å²) in [6.45, 7) is 1.73. The van der Waals surface area contributed by atoms with Crippen molar-refractivity contribution >= 4 is 17.5 Å². The van der Waals surface area contributed by atoms with Crippen LogP contribution < -0.4 is 10.2 Å². The standard InChI is InChI=1S/C23H26N6O2/c30-21(12-7-15-29-26-23(25-27-29)19-9-2-1-3-10-19)24-17-18-8-6-11-20(16-18)28-14-5-4-13-22(28)31/h1-3,6,8-11,16H,4-5,7,12-15,17H2,(H,24,30). The molecule has 2 heterocycles. The molecule has 1 N–H and O–H groups in total. The van der Waals surface area contributed by atoms with Gasteiger partial charge in [-0.1, -0.05) is 42.5 Å². The van der Waals surface area contributed by atoms with Crippen molar-refractivity contribution in [3.63, 3.8) is 0 Å². The summed E-state index contributed by atoms with van der Waals surface area (Å²) in [7, 11) is 0. The SMILES string of the molecule is O=C(CCCn1nnc(-c2ccccc2)n1)NCc1cccc(N2CCCCC2=O)c1. The molecule has 4 rings (SSSR count). The summed E-state index contributed by atoms with van der Waals surface area (Å²) in [4.78, 5) is 27.7. The lowest BCUT2D eigenvalue weighted by Crippen LogP contribution is -2.35. The third-order valence-corrected chi connectivity index (χ3v) is 5.28. The van der Waals surface area contributed by atoms with Crippen LogP contribution in [0.15, 0.2) is 54.6 Å². The van der Waals surface area contributed by atoms with E-state index in [-0.39, 0.29) is 11.8 Å². The Hall–Kier alpha value is -3.55. The van der Waals surface area contributed by atoms with Gasteiger partial charge in [-0.25, -0.2) is 0 Å². The number of benzene rings is 2. The first-order valence-corrected chi connectivity index (χ1v) is 10.7. The molecule has 1 fully saturated rings. The minimum Gasteiger partial charge on any atom is -0.352 e. The average Bonchev–Trinajstić information content (AvgIpc) is 3.28. The molecule has 160 valence electrons. The van der Waals surface area contributed by atoms with E-state index >= 15 is 0 Å². The molecule has 0 aliphatic carbocycles. The molecular weight excluding hydrogens is 392 g/mol. The Morgan fingerprint density at radius 3 is 2.77 bits per heavy atom. The summed E-state index contributed by atoms with van der Waals surface area (Å²) in [6.07, 6.45) is 3.60. The number of piperidine rings is 1. The van der Waals surface area contributed by atoms with Gasteiger partial charge in [0.1, 0.15) is 0 Å². The van der Waals surface area contributed by atoms with E-state index in [0.717, 1.165) is 36.2 Å². The van der Waals surface area contributed by atoms with Gasteiger partial charge < -0.3 is 10.2 Å². The van der Waals surface area contributed by atoms with Gasteiger partial charge in [-0.05, 0) is 42.2 Å². The van der Waals surface area contributed by atoms with E-state index in [1.807, 2.05) is 59.5 Å². The number of anilines is 1. The molecule has 0 unspecified atom stereocenters. The number of aryl methyl sites for hydroxylation is 1. The molecule has 3 aromatic rings. The van der Waals surface area contributed by atoms with E-state index in [1.54, 1.807) is 0 Å². The molecule has 0 saturated carbocycles. The van der Waals surface area contributed by atoms with Crippen LogP contribution in [-0.4, -0.2) is 38.6 Å². The lowest BCUT2D eigenvalue weighted by atomic mass is 10.1. The first-order chi connectivity index (χ1) is 15.2. The van der Waals surface area contributed by atoms with E-state index in [2.05, 4.69) is 20.7 Å². The quantitative estimate of drug-likeness (QED) is 0.607. The number of nitrogens with one attached hydrogen (secondary N) is 1. The van der Waals surface area contributed by atoms with Crippen LogP contribution in [0.5, 0.6) is 0 Å². The highest BCUT2D eigenvalue weighted by molar-refractivity contribution is 5.94. The third kappa shape index (κ3) is 5.53. The number of aromatic nitrogens is 4. The third-order valence-electron chi connectivity index (χ3n) is 5.28. The van der Waals surface area contributed by atoms with Gasteiger partial charge in [-0.15, -0.1) is 10.2 Å². The highest BCUT2D eigenvalue weighted by Crippen LogP contribution is 2.22. The zero-order valence-electron chi connectivity index (χ0n) is 17.4. The van der Waals surface area contributed by atoms with Crippen LogP contribution in [0.4, 0.5) is 5.69 Å². The van der Waals surface area contributed by atoms with Gasteiger partial charge in [-0.3, -0.25) is 9.59 Å². The number of hydrogen-bond acceptors (Lipinski definition) is 5. The van der Waals surface area contributed by atoms with Crippen LogP contribution in [0.2, 0.25) is 0 Å². The number of nitrogens with zero attached hydrogens (tertiary/aromatic N) is 5. The molecule has 1 aliphatic heterocycles. The summed E-state index contributed by atoms with van der Waals surface area (Å²) in [5.41, 5.74) is 2.80. The highest BCUT2D eigenvalue weighted by Gasteiger charge is 2.19. The molecular formula is C23H26N6O2. The van der Waals surface area contributed by atoms with Crippen molar-refractivity contribution in [2.75, 3.05) is 11.4 Å². The Balaban J connectivity index is 1.22. The summed E-state index contributed by atoms with van der Waals surface area (Å²) in [5, 5.41) is 15.4. The summed E-state index contributed by atoms with van der Waals surface area (Å²) >= 11 is 0. The molecule has 1 aromatic heterocycles. The number of carbonyl (C=O) groups is 2.